The van der Waals surface area contributed by atoms with Crippen LogP contribution in [0.4, 0.5) is 0 Å². The Balaban J connectivity index is 1.64. The smallest absolute Gasteiger partial charge is 0.141 e. The summed E-state index contributed by atoms with van der Waals surface area (Å²) in [5.41, 5.74) is 2.97. The largest absolute Gasteiger partial charge is 0.506 e. The minimum Gasteiger partial charge on any atom is -0.506 e. The Morgan fingerprint density at radius 3 is 2.62 bits per heavy atom. The number of fused-ring (bicyclic) bond motifs is 1. The Morgan fingerprint density at radius 1 is 0.958 bits per heavy atom. The van der Waals surface area contributed by atoms with Crippen molar-refractivity contribution in [3.05, 3.63) is 71.4 Å². The van der Waals surface area contributed by atoms with Gasteiger partial charge >= 0.3 is 0 Å². The molecule has 0 amide bonds. The number of hydrogen-bond donors (Lipinski definition) is 1. The molecule has 1 N–H and O–H groups in total. The van der Waals surface area contributed by atoms with Gasteiger partial charge in [0.05, 0.1) is 18.4 Å². The molecule has 4 aromatic rings. The summed E-state index contributed by atoms with van der Waals surface area (Å²) in [5, 5.41) is 19.9. The van der Waals surface area contributed by atoms with E-state index in [2.05, 4.69) is 15.3 Å². The van der Waals surface area contributed by atoms with E-state index in [1.54, 1.807) is 16.8 Å². The van der Waals surface area contributed by atoms with E-state index in [1.807, 2.05) is 48.7 Å². The highest BCUT2D eigenvalue weighted by Crippen LogP contribution is 2.25. The average molecular weight is 337 g/mol. The van der Waals surface area contributed by atoms with Gasteiger partial charge < -0.3 is 5.11 Å². The molecule has 6 heteroatoms. The molecular formula is C18H13ClN4O. The van der Waals surface area contributed by atoms with Crippen molar-refractivity contribution in [3.63, 3.8) is 0 Å². The van der Waals surface area contributed by atoms with Gasteiger partial charge in [-0.15, -0.1) is 5.10 Å². The van der Waals surface area contributed by atoms with Crippen LogP contribution >= 0.6 is 11.6 Å². The molecule has 4 rings (SSSR count). The number of benzene rings is 2. The predicted molar refractivity (Wildman–Crippen MR) is 93.0 cm³/mol. The number of para-hydroxylation sites is 1. The zero-order valence-corrected chi connectivity index (χ0v) is 13.4. The maximum atomic E-state index is 9.95. The highest BCUT2D eigenvalue weighted by atomic mass is 35.5. The molecule has 2 aromatic heterocycles. The summed E-state index contributed by atoms with van der Waals surface area (Å²) in [4.78, 5) is 4.49. The standard InChI is InChI=1S/C18H13ClN4O/c19-14-7-4-12(5-8-14)10-23-11-16(21-22-23)15-9-6-13-2-1-3-17(24)18(13)20-15/h1-9,11,24H,10H2. The molecule has 24 heavy (non-hydrogen) atoms. The number of phenols is 1. The first-order chi connectivity index (χ1) is 11.7. The highest BCUT2D eigenvalue weighted by molar-refractivity contribution is 6.30. The third-order valence-corrected chi connectivity index (χ3v) is 4.01. The SMILES string of the molecule is Oc1cccc2ccc(-c3cn(Cc4ccc(Cl)cc4)nn3)nc12. The minimum absolute atomic E-state index is 0.155. The van der Waals surface area contributed by atoms with Crippen LogP contribution < -0.4 is 0 Å². The van der Waals surface area contributed by atoms with Crippen LogP contribution in [0.15, 0.2) is 60.8 Å². The molecule has 0 unspecified atom stereocenters. The van der Waals surface area contributed by atoms with Crippen LogP contribution in [0, 0.1) is 0 Å². The second-order valence-corrected chi connectivity index (χ2v) is 5.91. The number of phenolic OH excluding ortho intramolecular Hbond substituents is 1. The number of hydrogen-bond acceptors (Lipinski definition) is 4. The Hall–Kier alpha value is -2.92. The van der Waals surface area contributed by atoms with Crippen molar-refractivity contribution in [2.45, 2.75) is 6.54 Å². The lowest BCUT2D eigenvalue weighted by Gasteiger charge is -2.02. The lowest BCUT2D eigenvalue weighted by molar-refractivity contribution is 0.480. The lowest BCUT2D eigenvalue weighted by Crippen LogP contribution is -1.99. The van der Waals surface area contributed by atoms with Crippen molar-refractivity contribution in [2.75, 3.05) is 0 Å². The van der Waals surface area contributed by atoms with Gasteiger partial charge in [-0.25, -0.2) is 9.67 Å². The van der Waals surface area contributed by atoms with Gasteiger partial charge in [-0.2, -0.15) is 0 Å². The summed E-state index contributed by atoms with van der Waals surface area (Å²) in [6.07, 6.45) is 1.84. The first-order valence-corrected chi connectivity index (χ1v) is 7.80. The summed E-state index contributed by atoms with van der Waals surface area (Å²) < 4.78 is 1.75. The fourth-order valence-electron chi connectivity index (χ4n) is 2.54. The van der Waals surface area contributed by atoms with Gasteiger partial charge in [-0.05, 0) is 29.8 Å². The number of pyridine rings is 1. The second kappa shape index (κ2) is 5.94. The van der Waals surface area contributed by atoms with E-state index >= 15 is 0 Å². The molecule has 0 radical (unpaired) electrons. The number of rotatable bonds is 3. The van der Waals surface area contributed by atoms with E-state index < -0.39 is 0 Å². The normalized spacial score (nSPS) is 11.0. The zero-order valence-electron chi connectivity index (χ0n) is 12.6. The Bertz CT molecular complexity index is 1010. The van der Waals surface area contributed by atoms with Crippen molar-refractivity contribution in [3.8, 4) is 17.1 Å². The highest BCUT2D eigenvalue weighted by Gasteiger charge is 2.08. The molecule has 2 aromatic carbocycles. The van der Waals surface area contributed by atoms with E-state index in [1.165, 1.54) is 0 Å². The van der Waals surface area contributed by atoms with Gasteiger partial charge in [-0.3, -0.25) is 0 Å². The summed E-state index contributed by atoms with van der Waals surface area (Å²) >= 11 is 5.90. The van der Waals surface area contributed by atoms with Crippen LogP contribution in [-0.2, 0) is 6.54 Å². The van der Waals surface area contributed by atoms with Gasteiger partial charge in [0, 0.05) is 10.4 Å². The summed E-state index contributed by atoms with van der Waals surface area (Å²) in [6, 6.07) is 16.7. The molecule has 0 atom stereocenters. The monoisotopic (exact) mass is 336 g/mol. The molecule has 0 saturated heterocycles. The van der Waals surface area contributed by atoms with E-state index in [4.69, 9.17) is 11.6 Å². The Labute approximate surface area is 143 Å². The second-order valence-electron chi connectivity index (χ2n) is 5.47. The van der Waals surface area contributed by atoms with E-state index in [0.29, 0.717) is 28.5 Å². The van der Waals surface area contributed by atoms with Crippen molar-refractivity contribution in [1.29, 1.82) is 0 Å². The first kappa shape index (κ1) is 14.7. The molecule has 5 nitrogen and oxygen atoms in total. The summed E-state index contributed by atoms with van der Waals surface area (Å²) in [6.45, 7) is 0.600. The van der Waals surface area contributed by atoms with Gasteiger partial charge in [0.1, 0.15) is 17.0 Å². The fourth-order valence-corrected chi connectivity index (χ4v) is 2.67. The maximum absolute atomic E-state index is 9.95. The minimum atomic E-state index is 0.155. The van der Waals surface area contributed by atoms with Crippen molar-refractivity contribution < 1.29 is 5.11 Å². The molecule has 0 saturated carbocycles. The van der Waals surface area contributed by atoms with E-state index in [-0.39, 0.29) is 5.75 Å². The Morgan fingerprint density at radius 2 is 1.79 bits per heavy atom. The topological polar surface area (TPSA) is 63.8 Å². The molecule has 118 valence electrons. The number of aromatic nitrogens is 4. The predicted octanol–water partition coefficient (Wildman–Crippen LogP) is 3.90. The molecule has 0 aliphatic carbocycles. The quantitative estimate of drug-likeness (QED) is 0.616. The van der Waals surface area contributed by atoms with Crippen LogP contribution in [0.5, 0.6) is 5.75 Å². The van der Waals surface area contributed by atoms with Crippen LogP contribution in [0.1, 0.15) is 5.56 Å². The van der Waals surface area contributed by atoms with Crippen molar-refractivity contribution in [1.82, 2.24) is 20.0 Å². The summed E-state index contributed by atoms with van der Waals surface area (Å²) in [5.74, 6) is 0.155. The maximum Gasteiger partial charge on any atom is 0.141 e. The van der Waals surface area contributed by atoms with Gasteiger partial charge in [-0.1, -0.05) is 47.1 Å². The van der Waals surface area contributed by atoms with Crippen molar-refractivity contribution in [2.24, 2.45) is 0 Å². The molecule has 0 fully saturated rings. The Kier molecular flexibility index (Phi) is 3.63. The molecule has 0 bridgehead atoms. The molecule has 0 spiro atoms. The van der Waals surface area contributed by atoms with Crippen molar-refractivity contribution >= 4 is 22.5 Å². The van der Waals surface area contributed by atoms with Gasteiger partial charge in [0.15, 0.2) is 0 Å². The number of halogens is 1. The van der Waals surface area contributed by atoms with Crippen LogP contribution in [0.3, 0.4) is 0 Å². The van der Waals surface area contributed by atoms with E-state index in [0.717, 1.165) is 10.9 Å². The van der Waals surface area contributed by atoms with Crippen LogP contribution in [0.25, 0.3) is 22.3 Å². The molecular weight excluding hydrogens is 324 g/mol. The molecule has 0 aliphatic heterocycles. The molecule has 0 aliphatic rings. The molecule has 2 heterocycles. The first-order valence-electron chi connectivity index (χ1n) is 7.43. The fraction of sp³-hybridized carbons (Fsp3) is 0.0556. The van der Waals surface area contributed by atoms with Gasteiger partial charge in [0.25, 0.3) is 0 Å². The van der Waals surface area contributed by atoms with Crippen LogP contribution in [0.2, 0.25) is 5.02 Å². The number of aromatic hydroxyl groups is 1. The lowest BCUT2D eigenvalue weighted by atomic mass is 10.1. The third kappa shape index (κ3) is 2.81. The number of nitrogens with zero attached hydrogens (tertiary/aromatic N) is 4. The average Bonchev–Trinajstić information content (AvgIpc) is 3.06. The van der Waals surface area contributed by atoms with Crippen LogP contribution in [-0.4, -0.2) is 25.1 Å². The third-order valence-electron chi connectivity index (χ3n) is 3.76. The summed E-state index contributed by atoms with van der Waals surface area (Å²) in [7, 11) is 0. The van der Waals surface area contributed by atoms with E-state index in [9.17, 15) is 5.11 Å². The zero-order chi connectivity index (χ0) is 16.5. The van der Waals surface area contributed by atoms with Gasteiger partial charge in [0.2, 0.25) is 0 Å².